The second kappa shape index (κ2) is 5.73. The number of nitrogens with one attached hydrogen (secondary N) is 1. The van der Waals surface area contributed by atoms with Crippen molar-refractivity contribution in [2.24, 2.45) is 5.73 Å². The molecular weight excluding hydrogens is 297 g/mol. The fourth-order valence-corrected chi connectivity index (χ4v) is 2.48. The SMILES string of the molecule is Cc1cc(C)c(C(N)=S)c(Nc2cc(F)cc(Cl)c2)n1. The number of benzene rings is 1. The third kappa shape index (κ3) is 3.23. The molecule has 0 aliphatic heterocycles. The van der Waals surface area contributed by atoms with Crippen LogP contribution in [0.1, 0.15) is 16.8 Å². The molecule has 2 rings (SSSR count). The summed E-state index contributed by atoms with van der Waals surface area (Å²) < 4.78 is 13.4. The van der Waals surface area contributed by atoms with Gasteiger partial charge in [0, 0.05) is 16.4 Å². The number of nitrogens with two attached hydrogens (primary N) is 1. The molecule has 1 aromatic carbocycles. The molecule has 0 bridgehead atoms. The van der Waals surface area contributed by atoms with E-state index in [1.54, 1.807) is 6.07 Å². The van der Waals surface area contributed by atoms with Crippen molar-refractivity contribution in [1.29, 1.82) is 0 Å². The minimum atomic E-state index is -0.429. The summed E-state index contributed by atoms with van der Waals surface area (Å²) in [6.45, 7) is 3.76. The Kier molecular flexibility index (Phi) is 4.20. The summed E-state index contributed by atoms with van der Waals surface area (Å²) in [6, 6.07) is 6.05. The molecule has 0 fully saturated rings. The van der Waals surface area contributed by atoms with E-state index >= 15 is 0 Å². The molecule has 1 heterocycles. The van der Waals surface area contributed by atoms with Crippen LogP contribution in [-0.4, -0.2) is 9.97 Å². The van der Waals surface area contributed by atoms with Crippen LogP contribution in [0.15, 0.2) is 24.3 Å². The van der Waals surface area contributed by atoms with Gasteiger partial charge in [0.1, 0.15) is 16.6 Å². The van der Waals surface area contributed by atoms with Gasteiger partial charge in [-0.25, -0.2) is 9.37 Å². The number of halogens is 2. The zero-order valence-corrected chi connectivity index (χ0v) is 12.6. The van der Waals surface area contributed by atoms with Crippen molar-refractivity contribution in [3.8, 4) is 0 Å². The lowest BCUT2D eigenvalue weighted by Crippen LogP contribution is -2.15. The molecule has 0 amide bonds. The smallest absolute Gasteiger partial charge is 0.141 e. The summed E-state index contributed by atoms with van der Waals surface area (Å²) in [5, 5.41) is 3.31. The molecule has 1 aromatic heterocycles. The zero-order valence-electron chi connectivity index (χ0n) is 11.0. The van der Waals surface area contributed by atoms with Gasteiger partial charge in [-0.15, -0.1) is 0 Å². The van der Waals surface area contributed by atoms with E-state index in [0.717, 1.165) is 11.3 Å². The van der Waals surface area contributed by atoms with Gasteiger partial charge < -0.3 is 11.1 Å². The fraction of sp³-hybridized carbons (Fsp3) is 0.143. The highest BCUT2D eigenvalue weighted by Crippen LogP contribution is 2.25. The van der Waals surface area contributed by atoms with Gasteiger partial charge in [0.25, 0.3) is 0 Å². The Morgan fingerprint density at radius 2 is 2.00 bits per heavy atom. The van der Waals surface area contributed by atoms with Crippen LogP contribution in [0.3, 0.4) is 0 Å². The normalized spacial score (nSPS) is 10.4. The maximum atomic E-state index is 13.4. The van der Waals surface area contributed by atoms with Gasteiger partial charge in [-0.05, 0) is 43.7 Å². The standard InChI is InChI=1S/C14H13ClFN3S/c1-7-3-8(2)18-14(12(7)13(17)20)19-11-5-9(15)4-10(16)6-11/h3-6H,1-2H3,(H2,17,20)(H,18,19). The molecule has 0 saturated carbocycles. The molecule has 0 radical (unpaired) electrons. The van der Waals surface area contributed by atoms with E-state index in [1.165, 1.54) is 12.1 Å². The number of hydrogen-bond acceptors (Lipinski definition) is 3. The number of hydrogen-bond donors (Lipinski definition) is 2. The molecular formula is C14H13ClFN3S. The topological polar surface area (TPSA) is 50.9 Å². The van der Waals surface area contributed by atoms with Gasteiger partial charge >= 0.3 is 0 Å². The lowest BCUT2D eigenvalue weighted by molar-refractivity contribution is 0.628. The summed E-state index contributed by atoms with van der Waals surface area (Å²) in [7, 11) is 0. The van der Waals surface area contributed by atoms with E-state index in [2.05, 4.69) is 10.3 Å². The minimum absolute atomic E-state index is 0.236. The molecule has 20 heavy (non-hydrogen) atoms. The monoisotopic (exact) mass is 309 g/mol. The summed E-state index contributed by atoms with van der Waals surface area (Å²) in [4.78, 5) is 4.60. The largest absolute Gasteiger partial charge is 0.389 e. The van der Waals surface area contributed by atoms with Gasteiger partial charge in [-0.2, -0.15) is 0 Å². The average molecular weight is 310 g/mol. The lowest BCUT2D eigenvalue weighted by atomic mass is 10.1. The van der Waals surface area contributed by atoms with Crippen LogP contribution in [0.2, 0.25) is 5.02 Å². The van der Waals surface area contributed by atoms with E-state index < -0.39 is 5.82 Å². The first-order chi connectivity index (χ1) is 9.36. The Morgan fingerprint density at radius 1 is 1.30 bits per heavy atom. The van der Waals surface area contributed by atoms with Crippen LogP contribution in [-0.2, 0) is 0 Å². The Balaban J connectivity index is 2.49. The first-order valence-corrected chi connectivity index (χ1v) is 6.66. The summed E-state index contributed by atoms with van der Waals surface area (Å²) in [6.07, 6.45) is 0. The molecule has 6 heteroatoms. The number of nitrogens with zero attached hydrogens (tertiary/aromatic N) is 1. The zero-order chi connectivity index (χ0) is 14.9. The molecule has 0 saturated heterocycles. The van der Waals surface area contributed by atoms with Crippen LogP contribution in [0, 0.1) is 19.7 Å². The number of anilines is 2. The van der Waals surface area contributed by atoms with E-state index in [-0.39, 0.29) is 4.99 Å². The van der Waals surface area contributed by atoms with E-state index in [4.69, 9.17) is 29.6 Å². The number of thiocarbonyl (C=S) groups is 1. The van der Waals surface area contributed by atoms with E-state index in [1.807, 2.05) is 19.9 Å². The fourth-order valence-electron chi connectivity index (χ4n) is 2.00. The molecule has 104 valence electrons. The van der Waals surface area contributed by atoms with Crippen molar-refractivity contribution >= 4 is 40.3 Å². The molecule has 0 unspecified atom stereocenters. The number of pyridine rings is 1. The van der Waals surface area contributed by atoms with Crippen LogP contribution in [0.25, 0.3) is 0 Å². The lowest BCUT2D eigenvalue weighted by Gasteiger charge is -2.14. The van der Waals surface area contributed by atoms with Crippen molar-refractivity contribution in [2.45, 2.75) is 13.8 Å². The van der Waals surface area contributed by atoms with Crippen molar-refractivity contribution in [3.05, 3.63) is 51.9 Å². The highest BCUT2D eigenvalue weighted by Gasteiger charge is 2.12. The Labute approximate surface area is 127 Å². The highest BCUT2D eigenvalue weighted by atomic mass is 35.5. The average Bonchev–Trinajstić information content (AvgIpc) is 2.25. The maximum Gasteiger partial charge on any atom is 0.141 e. The minimum Gasteiger partial charge on any atom is -0.389 e. The summed E-state index contributed by atoms with van der Waals surface area (Å²) in [5.41, 5.74) is 8.59. The van der Waals surface area contributed by atoms with Crippen LogP contribution in [0.4, 0.5) is 15.9 Å². The second-order valence-corrected chi connectivity index (χ2v) is 5.33. The van der Waals surface area contributed by atoms with Crippen LogP contribution < -0.4 is 11.1 Å². The van der Waals surface area contributed by atoms with Gasteiger partial charge in [-0.1, -0.05) is 23.8 Å². The van der Waals surface area contributed by atoms with Crippen molar-refractivity contribution in [1.82, 2.24) is 4.98 Å². The highest BCUT2D eigenvalue weighted by molar-refractivity contribution is 7.80. The van der Waals surface area contributed by atoms with E-state index in [9.17, 15) is 4.39 Å². The number of aryl methyl sites for hydroxylation is 2. The van der Waals surface area contributed by atoms with Crippen molar-refractivity contribution in [2.75, 3.05) is 5.32 Å². The molecule has 0 spiro atoms. The molecule has 0 aliphatic rings. The maximum absolute atomic E-state index is 13.4. The van der Waals surface area contributed by atoms with Gasteiger partial charge in [0.15, 0.2) is 0 Å². The third-order valence-corrected chi connectivity index (χ3v) is 3.14. The van der Waals surface area contributed by atoms with E-state index in [0.29, 0.717) is 22.1 Å². The third-order valence-electron chi connectivity index (χ3n) is 2.72. The number of aromatic nitrogens is 1. The predicted molar refractivity (Wildman–Crippen MR) is 84.3 cm³/mol. The van der Waals surface area contributed by atoms with Crippen molar-refractivity contribution < 1.29 is 4.39 Å². The molecule has 2 aromatic rings. The summed E-state index contributed by atoms with van der Waals surface area (Å²) in [5.74, 6) is 0.0675. The van der Waals surface area contributed by atoms with Crippen LogP contribution >= 0.6 is 23.8 Å². The molecule has 3 N–H and O–H groups in total. The van der Waals surface area contributed by atoms with Gasteiger partial charge in [0.2, 0.25) is 0 Å². The first kappa shape index (κ1) is 14.7. The quantitative estimate of drug-likeness (QED) is 0.845. The van der Waals surface area contributed by atoms with Crippen molar-refractivity contribution in [3.63, 3.8) is 0 Å². The molecule has 0 aliphatic carbocycles. The molecule has 0 atom stereocenters. The molecule has 3 nitrogen and oxygen atoms in total. The van der Waals surface area contributed by atoms with Gasteiger partial charge in [0.05, 0.1) is 5.56 Å². The Hall–Kier alpha value is -1.72. The summed E-state index contributed by atoms with van der Waals surface area (Å²) >= 11 is 10.9. The first-order valence-electron chi connectivity index (χ1n) is 5.88. The Morgan fingerprint density at radius 3 is 2.60 bits per heavy atom. The predicted octanol–water partition coefficient (Wildman–Crippen LogP) is 3.87. The van der Waals surface area contributed by atoms with Crippen LogP contribution in [0.5, 0.6) is 0 Å². The number of rotatable bonds is 3. The van der Waals surface area contributed by atoms with Gasteiger partial charge in [-0.3, -0.25) is 0 Å². The Bertz CT molecular complexity index is 668. The second-order valence-electron chi connectivity index (χ2n) is 4.45.